The molecule has 0 spiro atoms. The molecule has 1 aromatic heterocycles. The van der Waals surface area contributed by atoms with E-state index in [2.05, 4.69) is 4.98 Å². The molecule has 0 aliphatic heterocycles. The molecule has 0 aliphatic rings. The first kappa shape index (κ1) is 12.6. The summed E-state index contributed by atoms with van der Waals surface area (Å²) in [5, 5.41) is 10.9. The Kier molecular flexibility index (Phi) is 3.95. The van der Waals surface area contributed by atoms with Crippen molar-refractivity contribution in [3.8, 4) is 0 Å². The number of nitro groups is 1. The van der Waals surface area contributed by atoms with Crippen LogP contribution in [0, 0.1) is 16.0 Å². The summed E-state index contributed by atoms with van der Waals surface area (Å²) in [5.74, 6) is 0.121. The van der Waals surface area contributed by atoms with Crippen molar-refractivity contribution in [3.05, 3.63) is 34.1 Å². The van der Waals surface area contributed by atoms with Gasteiger partial charge in [-0.3, -0.25) is 15.1 Å². The van der Waals surface area contributed by atoms with Gasteiger partial charge in [0.05, 0.1) is 4.92 Å². The maximum absolute atomic E-state index is 10.9. The minimum Gasteiger partial charge on any atom is -0.327 e. The van der Waals surface area contributed by atoms with Crippen LogP contribution in [0.3, 0.4) is 0 Å². The van der Waals surface area contributed by atoms with Crippen LogP contribution in [-0.2, 0) is 0 Å². The Bertz CT molecular complexity index is 369. The molecule has 0 aliphatic carbocycles. The summed E-state index contributed by atoms with van der Waals surface area (Å²) in [7, 11) is 0. The molecule has 5 heteroatoms. The summed E-state index contributed by atoms with van der Waals surface area (Å²) in [6, 6.07) is 2.88. The summed E-state index contributed by atoms with van der Waals surface area (Å²) < 4.78 is 0. The van der Waals surface area contributed by atoms with Crippen molar-refractivity contribution in [1.82, 2.24) is 4.98 Å². The van der Waals surface area contributed by atoms with Gasteiger partial charge in [-0.1, -0.05) is 13.8 Å². The number of hydrogen-bond acceptors (Lipinski definition) is 4. The maximum Gasteiger partial charge on any atom is 0.291 e. The van der Waals surface area contributed by atoms with Crippen LogP contribution in [0.4, 0.5) is 5.69 Å². The Hall–Kier alpha value is -1.49. The molecule has 0 bridgehead atoms. The first-order chi connectivity index (χ1) is 7.45. The Morgan fingerprint density at radius 3 is 2.50 bits per heavy atom. The van der Waals surface area contributed by atoms with E-state index in [9.17, 15) is 10.1 Å². The predicted octanol–water partition coefficient (Wildman–Crippen LogP) is 2.08. The standard InChI is InChI=1S/C11H17N3O2/c1-7(2)10(8(3)12)11-9(14(15)16)5-4-6-13-11/h4-8,10H,12H2,1-3H3. The van der Waals surface area contributed by atoms with Gasteiger partial charge < -0.3 is 5.73 Å². The van der Waals surface area contributed by atoms with Gasteiger partial charge in [0.25, 0.3) is 5.69 Å². The molecule has 0 saturated carbocycles. The minimum atomic E-state index is -0.403. The number of nitrogens with zero attached hydrogens (tertiary/aromatic N) is 2. The van der Waals surface area contributed by atoms with Gasteiger partial charge in [0.2, 0.25) is 0 Å². The Labute approximate surface area is 94.8 Å². The maximum atomic E-state index is 10.9. The van der Waals surface area contributed by atoms with E-state index >= 15 is 0 Å². The lowest BCUT2D eigenvalue weighted by molar-refractivity contribution is -0.386. The summed E-state index contributed by atoms with van der Waals surface area (Å²) >= 11 is 0. The van der Waals surface area contributed by atoms with Crippen molar-refractivity contribution < 1.29 is 4.92 Å². The predicted molar refractivity (Wildman–Crippen MR) is 62.1 cm³/mol. The van der Waals surface area contributed by atoms with Crippen LogP contribution < -0.4 is 5.73 Å². The quantitative estimate of drug-likeness (QED) is 0.625. The molecule has 1 aromatic rings. The van der Waals surface area contributed by atoms with Crippen LogP contribution >= 0.6 is 0 Å². The van der Waals surface area contributed by atoms with Crippen LogP contribution in [0.2, 0.25) is 0 Å². The van der Waals surface area contributed by atoms with Crippen LogP contribution in [0.25, 0.3) is 0 Å². The molecule has 88 valence electrons. The molecule has 0 amide bonds. The molecule has 2 atom stereocenters. The third-order valence-electron chi connectivity index (χ3n) is 2.61. The van der Waals surface area contributed by atoms with Crippen molar-refractivity contribution in [2.45, 2.75) is 32.7 Å². The highest BCUT2D eigenvalue weighted by Crippen LogP contribution is 2.31. The molecule has 0 aromatic carbocycles. The Balaban J connectivity index is 3.23. The van der Waals surface area contributed by atoms with Gasteiger partial charge in [-0.15, -0.1) is 0 Å². The SMILES string of the molecule is CC(C)C(c1ncccc1[N+](=O)[O-])C(C)N. The zero-order valence-electron chi connectivity index (χ0n) is 9.75. The first-order valence-corrected chi connectivity index (χ1v) is 5.30. The normalized spacial score (nSPS) is 14.8. The Morgan fingerprint density at radius 1 is 1.44 bits per heavy atom. The minimum absolute atomic E-state index is 0.0542. The van der Waals surface area contributed by atoms with Crippen LogP contribution in [0.15, 0.2) is 18.3 Å². The largest absolute Gasteiger partial charge is 0.327 e. The van der Waals surface area contributed by atoms with Crippen molar-refractivity contribution in [1.29, 1.82) is 0 Å². The van der Waals surface area contributed by atoms with Gasteiger partial charge in [0.1, 0.15) is 5.69 Å². The molecular weight excluding hydrogens is 206 g/mol. The lowest BCUT2D eigenvalue weighted by Gasteiger charge is -2.23. The van der Waals surface area contributed by atoms with Gasteiger partial charge in [0, 0.05) is 24.2 Å². The van der Waals surface area contributed by atoms with Gasteiger partial charge in [-0.2, -0.15) is 0 Å². The molecule has 0 saturated heterocycles. The first-order valence-electron chi connectivity index (χ1n) is 5.30. The molecule has 1 rings (SSSR count). The van der Waals surface area contributed by atoms with Crippen molar-refractivity contribution in [2.24, 2.45) is 11.7 Å². The van der Waals surface area contributed by atoms with E-state index in [1.807, 2.05) is 20.8 Å². The molecule has 0 fully saturated rings. The summed E-state index contributed by atoms with van der Waals surface area (Å²) in [4.78, 5) is 14.6. The van der Waals surface area contributed by atoms with Crippen molar-refractivity contribution in [2.75, 3.05) is 0 Å². The lowest BCUT2D eigenvalue weighted by atomic mass is 9.86. The Morgan fingerprint density at radius 2 is 2.06 bits per heavy atom. The second-order valence-corrected chi connectivity index (χ2v) is 4.29. The highest BCUT2D eigenvalue weighted by molar-refractivity contribution is 5.37. The molecule has 5 nitrogen and oxygen atoms in total. The van der Waals surface area contributed by atoms with E-state index in [0.717, 1.165) is 0 Å². The summed E-state index contributed by atoms with van der Waals surface area (Å²) in [6.45, 7) is 5.84. The van der Waals surface area contributed by atoms with E-state index in [4.69, 9.17) is 5.73 Å². The average Bonchev–Trinajstić information content (AvgIpc) is 2.17. The van der Waals surface area contributed by atoms with E-state index in [0.29, 0.717) is 5.69 Å². The third-order valence-corrected chi connectivity index (χ3v) is 2.61. The molecule has 2 unspecified atom stereocenters. The second-order valence-electron chi connectivity index (χ2n) is 4.29. The molecule has 1 heterocycles. The number of rotatable bonds is 4. The summed E-state index contributed by atoms with van der Waals surface area (Å²) in [5.41, 5.74) is 6.41. The third kappa shape index (κ3) is 2.55. The zero-order valence-corrected chi connectivity index (χ0v) is 9.75. The monoisotopic (exact) mass is 223 g/mol. The highest BCUT2D eigenvalue weighted by atomic mass is 16.6. The molecular formula is C11H17N3O2. The van der Waals surface area contributed by atoms with E-state index < -0.39 is 4.92 Å². The topological polar surface area (TPSA) is 82.0 Å². The smallest absolute Gasteiger partial charge is 0.291 e. The zero-order chi connectivity index (χ0) is 12.3. The summed E-state index contributed by atoms with van der Waals surface area (Å²) in [6.07, 6.45) is 1.57. The van der Waals surface area contributed by atoms with Gasteiger partial charge in [-0.05, 0) is 18.9 Å². The van der Waals surface area contributed by atoms with Crippen molar-refractivity contribution >= 4 is 5.69 Å². The van der Waals surface area contributed by atoms with Crippen LogP contribution in [-0.4, -0.2) is 15.9 Å². The second kappa shape index (κ2) is 5.03. The number of aromatic nitrogens is 1. The highest BCUT2D eigenvalue weighted by Gasteiger charge is 2.28. The fraction of sp³-hybridized carbons (Fsp3) is 0.545. The van der Waals surface area contributed by atoms with Gasteiger partial charge in [-0.25, -0.2) is 0 Å². The van der Waals surface area contributed by atoms with Crippen LogP contribution in [0.1, 0.15) is 32.4 Å². The van der Waals surface area contributed by atoms with Gasteiger partial charge >= 0.3 is 0 Å². The number of pyridine rings is 1. The van der Waals surface area contributed by atoms with Gasteiger partial charge in [0.15, 0.2) is 0 Å². The van der Waals surface area contributed by atoms with E-state index in [1.54, 1.807) is 12.3 Å². The molecule has 0 radical (unpaired) electrons. The molecule has 16 heavy (non-hydrogen) atoms. The fourth-order valence-corrected chi connectivity index (χ4v) is 1.99. The van der Waals surface area contributed by atoms with Crippen molar-refractivity contribution in [3.63, 3.8) is 0 Å². The lowest BCUT2D eigenvalue weighted by Crippen LogP contribution is -2.29. The fourth-order valence-electron chi connectivity index (χ4n) is 1.99. The van der Waals surface area contributed by atoms with E-state index in [-0.39, 0.29) is 23.6 Å². The number of hydrogen-bond donors (Lipinski definition) is 1. The average molecular weight is 223 g/mol. The molecule has 2 N–H and O–H groups in total. The number of nitrogens with two attached hydrogens (primary N) is 1. The van der Waals surface area contributed by atoms with Crippen LogP contribution in [0.5, 0.6) is 0 Å². The van der Waals surface area contributed by atoms with E-state index in [1.165, 1.54) is 6.07 Å².